The number of hydrogen-bond acceptors (Lipinski definition) is 4. The Hall–Kier alpha value is -0.930. The minimum absolute atomic E-state index is 0.0322. The summed E-state index contributed by atoms with van der Waals surface area (Å²) in [6.45, 7) is 1.13. The molecule has 3 rings (SSSR count). The molecule has 0 radical (unpaired) electrons. The van der Waals surface area contributed by atoms with E-state index in [0.717, 1.165) is 9.35 Å². The summed E-state index contributed by atoms with van der Waals surface area (Å²) in [5, 5.41) is 0. The fourth-order valence-electron chi connectivity index (χ4n) is 3.18. The van der Waals surface area contributed by atoms with E-state index in [1.165, 1.54) is 15.6 Å². The summed E-state index contributed by atoms with van der Waals surface area (Å²) in [5.74, 6) is -0.361. The summed E-state index contributed by atoms with van der Waals surface area (Å²) in [7, 11) is -1.85. The van der Waals surface area contributed by atoms with Gasteiger partial charge in [0.1, 0.15) is 0 Å². The van der Waals surface area contributed by atoms with Gasteiger partial charge in [0.05, 0.1) is 21.7 Å². The van der Waals surface area contributed by atoms with Crippen LogP contribution in [0.4, 0.5) is 0 Å². The van der Waals surface area contributed by atoms with Crippen LogP contribution in [0.5, 0.6) is 0 Å². The highest BCUT2D eigenvalue weighted by atomic mass is 79.9. The van der Waals surface area contributed by atoms with Crippen LogP contribution in [-0.4, -0.2) is 43.7 Å². The quantitative estimate of drug-likeness (QED) is 0.629. The van der Waals surface area contributed by atoms with Gasteiger partial charge < -0.3 is 4.90 Å². The van der Waals surface area contributed by atoms with Crippen LogP contribution in [0.25, 0.3) is 0 Å². The molecule has 9 heteroatoms. The van der Waals surface area contributed by atoms with Gasteiger partial charge in [-0.25, -0.2) is 8.42 Å². The number of thiophene rings is 1. The summed E-state index contributed by atoms with van der Waals surface area (Å²) in [5.41, 5.74) is 0. The van der Waals surface area contributed by atoms with E-state index in [1.807, 2.05) is 12.1 Å². The minimum Gasteiger partial charge on any atom is -0.340 e. The van der Waals surface area contributed by atoms with E-state index in [4.69, 9.17) is 11.6 Å². The van der Waals surface area contributed by atoms with Crippen LogP contribution < -0.4 is 0 Å². The van der Waals surface area contributed by atoms with Gasteiger partial charge in [-0.05, 0) is 49.2 Å². The molecule has 1 unspecified atom stereocenters. The van der Waals surface area contributed by atoms with E-state index in [1.54, 1.807) is 36.2 Å². The van der Waals surface area contributed by atoms with Crippen molar-refractivity contribution in [3.05, 3.63) is 50.1 Å². The molecule has 27 heavy (non-hydrogen) atoms. The Morgan fingerprint density at radius 3 is 2.63 bits per heavy atom. The molecule has 5 nitrogen and oxygen atoms in total. The molecular formula is C18H20BrClN2O3S2. The van der Waals surface area contributed by atoms with Gasteiger partial charge in [-0.15, -0.1) is 11.3 Å². The Kier molecular flexibility index (Phi) is 6.63. The predicted octanol–water partition coefficient (Wildman–Crippen LogP) is 4.22. The zero-order valence-corrected chi connectivity index (χ0v) is 18.7. The smallest absolute Gasteiger partial charge is 0.243 e. The first-order chi connectivity index (χ1) is 12.8. The predicted molar refractivity (Wildman–Crippen MR) is 111 cm³/mol. The Morgan fingerprint density at radius 1 is 1.30 bits per heavy atom. The lowest BCUT2D eigenvalue weighted by Crippen LogP contribution is -2.45. The second-order valence-corrected chi connectivity index (χ2v) is 11.2. The monoisotopic (exact) mass is 490 g/mol. The van der Waals surface area contributed by atoms with E-state index in [0.29, 0.717) is 30.3 Å². The lowest BCUT2D eigenvalue weighted by Gasteiger charge is -2.33. The first kappa shape index (κ1) is 20.8. The highest BCUT2D eigenvalue weighted by Gasteiger charge is 2.34. The summed E-state index contributed by atoms with van der Waals surface area (Å²) >= 11 is 10.7. The molecule has 1 amide bonds. The van der Waals surface area contributed by atoms with Crippen molar-refractivity contribution in [2.75, 3.05) is 20.1 Å². The lowest BCUT2D eigenvalue weighted by molar-refractivity contribution is -0.135. The number of carbonyl (C=O) groups excluding carboxylic acids is 1. The topological polar surface area (TPSA) is 57.7 Å². The third kappa shape index (κ3) is 4.92. The molecule has 1 saturated heterocycles. The third-order valence-corrected chi connectivity index (χ3v) is 8.21. The number of benzene rings is 1. The maximum Gasteiger partial charge on any atom is 0.243 e. The van der Waals surface area contributed by atoms with Gasteiger partial charge in [0, 0.05) is 29.5 Å². The van der Waals surface area contributed by atoms with E-state index in [9.17, 15) is 13.2 Å². The fourth-order valence-corrected chi connectivity index (χ4v) is 6.11. The first-order valence-corrected chi connectivity index (χ1v) is 11.9. The van der Waals surface area contributed by atoms with Gasteiger partial charge in [0.25, 0.3) is 0 Å². The van der Waals surface area contributed by atoms with Crippen LogP contribution in [0.2, 0.25) is 4.34 Å². The van der Waals surface area contributed by atoms with Crippen LogP contribution >= 0.6 is 38.9 Å². The van der Waals surface area contributed by atoms with Crippen molar-refractivity contribution >= 4 is 54.8 Å². The highest BCUT2D eigenvalue weighted by molar-refractivity contribution is 9.10. The molecule has 0 aliphatic carbocycles. The van der Waals surface area contributed by atoms with Crippen molar-refractivity contribution in [2.45, 2.75) is 24.3 Å². The van der Waals surface area contributed by atoms with Crippen molar-refractivity contribution in [1.29, 1.82) is 0 Å². The van der Waals surface area contributed by atoms with E-state index < -0.39 is 10.0 Å². The average Bonchev–Trinajstić information content (AvgIpc) is 3.06. The molecule has 1 atom stereocenters. The second kappa shape index (κ2) is 8.61. The zero-order chi connectivity index (χ0) is 19.6. The van der Waals surface area contributed by atoms with Crippen LogP contribution in [0.3, 0.4) is 0 Å². The number of piperidine rings is 1. The van der Waals surface area contributed by atoms with Gasteiger partial charge >= 0.3 is 0 Å². The Balaban J connectivity index is 1.69. The van der Waals surface area contributed by atoms with Gasteiger partial charge in [0.2, 0.25) is 15.9 Å². The Morgan fingerprint density at radius 2 is 2.00 bits per heavy atom. The number of hydrogen-bond donors (Lipinski definition) is 0. The Bertz CT molecular complexity index is 915. The largest absolute Gasteiger partial charge is 0.340 e. The van der Waals surface area contributed by atoms with Gasteiger partial charge in [-0.1, -0.05) is 27.5 Å². The van der Waals surface area contributed by atoms with Crippen molar-refractivity contribution in [3.8, 4) is 0 Å². The van der Waals surface area contributed by atoms with Crippen LogP contribution in [0, 0.1) is 5.92 Å². The second-order valence-electron chi connectivity index (χ2n) is 6.56. The summed E-state index contributed by atoms with van der Waals surface area (Å²) in [6, 6.07) is 10.3. The minimum atomic E-state index is -3.60. The molecule has 1 aromatic heterocycles. The first-order valence-electron chi connectivity index (χ1n) is 8.52. The maximum absolute atomic E-state index is 12.9. The zero-order valence-electron chi connectivity index (χ0n) is 14.8. The molecule has 0 saturated carbocycles. The molecule has 0 spiro atoms. The lowest BCUT2D eigenvalue weighted by atomic mass is 9.98. The van der Waals surface area contributed by atoms with Crippen LogP contribution in [-0.2, 0) is 21.4 Å². The summed E-state index contributed by atoms with van der Waals surface area (Å²) in [6.07, 6.45) is 1.37. The number of nitrogens with zero attached hydrogens (tertiary/aromatic N) is 2. The van der Waals surface area contributed by atoms with E-state index in [2.05, 4.69) is 15.9 Å². The number of rotatable bonds is 5. The molecule has 2 aromatic rings. The molecule has 2 heterocycles. The average molecular weight is 492 g/mol. The molecule has 1 aromatic carbocycles. The normalized spacial score (nSPS) is 18.4. The fraction of sp³-hybridized carbons (Fsp3) is 0.389. The van der Waals surface area contributed by atoms with Crippen molar-refractivity contribution in [1.82, 2.24) is 9.21 Å². The van der Waals surface area contributed by atoms with Crippen LogP contribution in [0.15, 0.2) is 45.8 Å². The molecular weight excluding hydrogens is 472 g/mol. The molecule has 1 aliphatic rings. The van der Waals surface area contributed by atoms with Crippen molar-refractivity contribution in [2.24, 2.45) is 5.92 Å². The molecule has 0 N–H and O–H groups in total. The molecule has 0 bridgehead atoms. The van der Waals surface area contributed by atoms with Crippen molar-refractivity contribution in [3.63, 3.8) is 0 Å². The SMILES string of the molecule is CN(Cc1ccc(Cl)s1)C(=O)C1CCCN(S(=O)(=O)c2ccc(Br)cc2)C1. The summed E-state index contributed by atoms with van der Waals surface area (Å²) in [4.78, 5) is 15.7. The maximum atomic E-state index is 12.9. The number of carbonyl (C=O) groups is 1. The standard InChI is InChI=1S/C18H20BrClN2O3S2/c1-21(12-15-6-9-17(20)26-15)18(23)13-3-2-10-22(11-13)27(24,25)16-7-4-14(19)5-8-16/h4-9,13H,2-3,10-12H2,1H3. The number of sulfonamides is 1. The van der Waals surface area contributed by atoms with Gasteiger partial charge in [0.15, 0.2) is 0 Å². The van der Waals surface area contributed by atoms with E-state index in [-0.39, 0.29) is 23.3 Å². The molecule has 1 fully saturated rings. The number of halogens is 2. The molecule has 1 aliphatic heterocycles. The van der Waals surface area contributed by atoms with E-state index >= 15 is 0 Å². The van der Waals surface area contributed by atoms with Gasteiger partial charge in [-0.2, -0.15) is 4.31 Å². The number of amides is 1. The summed E-state index contributed by atoms with van der Waals surface area (Å²) < 4.78 is 28.7. The highest BCUT2D eigenvalue weighted by Crippen LogP contribution is 2.27. The van der Waals surface area contributed by atoms with Crippen LogP contribution in [0.1, 0.15) is 17.7 Å². The van der Waals surface area contributed by atoms with Crippen molar-refractivity contribution < 1.29 is 13.2 Å². The third-order valence-electron chi connectivity index (χ3n) is 4.58. The Labute approximate surface area is 177 Å². The molecule has 146 valence electrons. The van der Waals surface area contributed by atoms with Gasteiger partial charge in [-0.3, -0.25) is 4.79 Å².